The van der Waals surface area contributed by atoms with Gasteiger partial charge in [0.15, 0.2) is 0 Å². The molecule has 0 atom stereocenters. The Morgan fingerprint density at radius 1 is 1.10 bits per heavy atom. The third kappa shape index (κ3) is 4.29. The number of aromatic amines is 1. The molecule has 2 aromatic carbocycles. The van der Waals surface area contributed by atoms with Crippen LogP contribution in [0.3, 0.4) is 0 Å². The number of hydrogen-bond acceptors (Lipinski definition) is 6. The second-order valence-corrected chi connectivity index (χ2v) is 8.74. The summed E-state index contributed by atoms with van der Waals surface area (Å²) in [5.74, 6) is 0.0469. The highest BCUT2D eigenvalue weighted by Crippen LogP contribution is 2.29. The van der Waals surface area contributed by atoms with E-state index in [1.165, 1.54) is 0 Å². The number of hydrogen-bond donors (Lipinski definition) is 3. The number of fused-ring (bicyclic) bond motifs is 1. The van der Waals surface area contributed by atoms with Gasteiger partial charge in [0.1, 0.15) is 5.75 Å². The molecule has 0 radical (unpaired) electrons. The molecular weight excluding hydrogens is 495 g/mol. The zero-order valence-corrected chi connectivity index (χ0v) is 18.8. The SMILES string of the molecule is CN1CCN(c2ccc(CN=Cc3c(O)[nH]c(=O)c4ccc(I)cc34)cc2O)CC1. The molecule has 1 saturated heterocycles. The van der Waals surface area contributed by atoms with Crippen LogP contribution >= 0.6 is 22.6 Å². The van der Waals surface area contributed by atoms with Crippen LogP contribution < -0.4 is 10.5 Å². The summed E-state index contributed by atoms with van der Waals surface area (Å²) < 4.78 is 0.962. The molecule has 1 aliphatic heterocycles. The predicted molar refractivity (Wildman–Crippen MR) is 128 cm³/mol. The van der Waals surface area contributed by atoms with Gasteiger partial charge in [-0.1, -0.05) is 6.07 Å². The minimum atomic E-state index is -0.333. The Morgan fingerprint density at radius 2 is 1.87 bits per heavy atom. The molecule has 1 aliphatic rings. The topological polar surface area (TPSA) is 92.2 Å². The summed E-state index contributed by atoms with van der Waals surface area (Å²) in [6, 6.07) is 11.1. The number of nitrogens with one attached hydrogen (secondary N) is 1. The van der Waals surface area contributed by atoms with Gasteiger partial charge in [-0.3, -0.25) is 14.8 Å². The van der Waals surface area contributed by atoms with Gasteiger partial charge in [0, 0.05) is 46.7 Å². The molecule has 0 bridgehead atoms. The van der Waals surface area contributed by atoms with Gasteiger partial charge in [0.25, 0.3) is 5.56 Å². The van der Waals surface area contributed by atoms with Crippen molar-refractivity contribution in [2.24, 2.45) is 4.99 Å². The zero-order chi connectivity index (χ0) is 21.3. The number of rotatable bonds is 4. The normalized spacial score (nSPS) is 15.3. The summed E-state index contributed by atoms with van der Waals surface area (Å²) in [6.07, 6.45) is 1.56. The Labute approximate surface area is 187 Å². The summed E-state index contributed by atoms with van der Waals surface area (Å²) in [4.78, 5) is 23.4. The van der Waals surface area contributed by atoms with Crippen LogP contribution in [0.5, 0.6) is 11.6 Å². The number of likely N-dealkylation sites (N-methyl/N-ethyl adjacent to an activating group) is 1. The Morgan fingerprint density at radius 3 is 2.60 bits per heavy atom. The number of H-pyrrole nitrogens is 1. The van der Waals surface area contributed by atoms with Crippen LogP contribution in [-0.2, 0) is 6.54 Å². The van der Waals surface area contributed by atoms with Crippen molar-refractivity contribution < 1.29 is 10.2 Å². The van der Waals surface area contributed by atoms with E-state index in [9.17, 15) is 15.0 Å². The fourth-order valence-electron chi connectivity index (χ4n) is 3.66. The summed E-state index contributed by atoms with van der Waals surface area (Å²) in [5, 5.41) is 21.9. The lowest BCUT2D eigenvalue weighted by atomic mass is 10.1. The molecule has 0 spiro atoms. The molecule has 4 rings (SSSR count). The molecule has 1 fully saturated rings. The molecule has 0 aliphatic carbocycles. The minimum Gasteiger partial charge on any atom is -0.506 e. The lowest BCUT2D eigenvalue weighted by Crippen LogP contribution is -2.44. The maximum Gasteiger partial charge on any atom is 0.258 e. The number of nitrogens with zero attached hydrogens (tertiary/aromatic N) is 3. The Bertz CT molecular complexity index is 1170. The number of phenols is 1. The number of halogens is 1. The molecule has 0 amide bonds. The second-order valence-electron chi connectivity index (χ2n) is 7.49. The van der Waals surface area contributed by atoms with Gasteiger partial charge in [0.2, 0.25) is 5.88 Å². The molecule has 156 valence electrons. The summed E-state index contributed by atoms with van der Waals surface area (Å²) in [7, 11) is 2.10. The first kappa shape index (κ1) is 20.7. The third-order valence-corrected chi connectivity index (χ3v) is 6.05. The number of piperazine rings is 1. The first-order valence-electron chi connectivity index (χ1n) is 9.72. The van der Waals surface area contributed by atoms with E-state index in [0.29, 0.717) is 22.9 Å². The Hall–Kier alpha value is -2.59. The monoisotopic (exact) mass is 518 g/mol. The van der Waals surface area contributed by atoms with Crippen LogP contribution in [0.25, 0.3) is 10.8 Å². The van der Waals surface area contributed by atoms with Crippen molar-refractivity contribution in [3.05, 3.63) is 61.4 Å². The van der Waals surface area contributed by atoms with Gasteiger partial charge in [-0.25, -0.2) is 0 Å². The molecule has 0 saturated carbocycles. The van der Waals surface area contributed by atoms with Crippen LogP contribution in [0.15, 0.2) is 46.2 Å². The van der Waals surface area contributed by atoms with E-state index in [1.54, 1.807) is 18.3 Å². The number of benzene rings is 2. The number of aromatic nitrogens is 1. The number of aromatic hydroxyl groups is 2. The van der Waals surface area contributed by atoms with E-state index < -0.39 is 0 Å². The third-order valence-electron chi connectivity index (χ3n) is 5.38. The van der Waals surface area contributed by atoms with Crippen molar-refractivity contribution in [1.29, 1.82) is 0 Å². The van der Waals surface area contributed by atoms with Gasteiger partial charge in [0.05, 0.1) is 17.8 Å². The van der Waals surface area contributed by atoms with E-state index in [1.807, 2.05) is 24.3 Å². The average molecular weight is 518 g/mol. The van der Waals surface area contributed by atoms with Gasteiger partial charge >= 0.3 is 0 Å². The van der Waals surface area contributed by atoms with Gasteiger partial charge in [-0.2, -0.15) is 0 Å². The van der Waals surface area contributed by atoms with Gasteiger partial charge in [-0.05, 0) is 65.5 Å². The van der Waals surface area contributed by atoms with Crippen LogP contribution in [0, 0.1) is 3.57 Å². The molecule has 30 heavy (non-hydrogen) atoms. The number of aliphatic imine (C=N–C) groups is 1. The number of phenolic OH excluding ortho intramolecular Hbond substituents is 1. The number of anilines is 1. The van der Waals surface area contributed by atoms with Crippen molar-refractivity contribution in [2.45, 2.75) is 6.54 Å². The molecule has 8 heteroatoms. The standard InChI is InChI=1S/C22H23IN4O3/c1-26-6-8-27(9-7-26)19-5-2-14(10-20(19)28)12-24-13-18-17-11-15(23)3-4-16(17)21(29)25-22(18)30/h2-5,10-11,13,28H,6-9,12H2,1H3,(H2,25,29,30). The fourth-order valence-corrected chi connectivity index (χ4v) is 4.15. The molecular formula is C22H23IN4O3. The van der Waals surface area contributed by atoms with Crippen molar-refractivity contribution in [3.8, 4) is 11.6 Å². The molecule has 0 unspecified atom stereocenters. The van der Waals surface area contributed by atoms with Crippen LogP contribution in [0.1, 0.15) is 11.1 Å². The van der Waals surface area contributed by atoms with E-state index >= 15 is 0 Å². The molecule has 2 heterocycles. The highest BCUT2D eigenvalue weighted by Gasteiger charge is 2.17. The lowest BCUT2D eigenvalue weighted by molar-refractivity contribution is 0.311. The van der Waals surface area contributed by atoms with Gasteiger partial charge < -0.3 is 20.0 Å². The summed E-state index contributed by atoms with van der Waals surface area (Å²) in [6.45, 7) is 4.07. The molecule has 1 aromatic heterocycles. The van der Waals surface area contributed by atoms with Crippen molar-refractivity contribution >= 4 is 45.3 Å². The molecule has 3 N–H and O–H groups in total. The molecule has 7 nitrogen and oxygen atoms in total. The summed E-state index contributed by atoms with van der Waals surface area (Å²) >= 11 is 2.17. The largest absolute Gasteiger partial charge is 0.506 e. The van der Waals surface area contributed by atoms with Gasteiger partial charge in [-0.15, -0.1) is 0 Å². The first-order chi connectivity index (χ1) is 14.4. The average Bonchev–Trinajstić information content (AvgIpc) is 2.71. The van der Waals surface area contributed by atoms with E-state index in [2.05, 4.69) is 49.4 Å². The highest BCUT2D eigenvalue weighted by molar-refractivity contribution is 14.1. The van der Waals surface area contributed by atoms with Crippen LogP contribution in [0.4, 0.5) is 5.69 Å². The highest BCUT2D eigenvalue weighted by atomic mass is 127. The zero-order valence-electron chi connectivity index (χ0n) is 16.6. The van der Waals surface area contributed by atoms with Crippen molar-refractivity contribution in [1.82, 2.24) is 9.88 Å². The molecule has 3 aromatic rings. The van der Waals surface area contributed by atoms with Crippen molar-refractivity contribution in [3.63, 3.8) is 0 Å². The summed E-state index contributed by atoms with van der Waals surface area (Å²) in [5.41, 5.74) is 1.85. The van der Waals surface area contributed by atoms with E-state index in [-0.39, 0.29) is 17.2 Å². The number of pyridine rings is 1. The van der Waals surface area contributed by atoms with Crippen LogP contribution in [-0.4, -0.2) is 59.5 Å². The van der Waals surface area contributed by atoms with Crippen molar-refractivity contribution in [2.75, 3.05) is 38.1 Å². The predicted octanol–water partition coefficient (Wildman–Crippen LogP) is 2.91. The van der Waals surface area contributed by atoms with Crippen LogP contribution in [0.2, 0.25) is 0 Å². The Balaban J connectivity index is 1.55. The Kier molecular flexibility index (Phi) is 5.96. The lowest BCUT2D eigenvalue weighted by Gasteiger charge is -2.34. The first-order valence-corrected chi connectivity index (χ1v) is 10.8. The smallest absolute Gasteiger partial charge is 0.258 e. The van der Waals surface area contributed by atoms with E-state index in [4.69, 9.17) is 0 Å². The van der Waals surface area contributed by atoms with E-state index in [0.717, 1.165) is 41.0 Å². The minimum absolute atomic E-state index is 0.202. The quantitative estimate of drug-likeness (QED) is 0.365. The fraction of sp³-hybridized carbons (Fsp3) is 0.273. The maximum absolute atomic E-state index is 12.1. The maximum atomic E-state index is 12.1. The second kappa shape index (κ2) is 8.65.